The predicted molar refractivity (Wildman–Crippen MR) is 283 cm³/mol. The van der Waals surface area contributed by atoms with Gasteiger partial charge in [-0.1, -0.05) is 65.5 Å². The van der Waals surface area contributed by atoms with Gasteiger partial charge in [0, 0.05) is 60.4 Å². The van der Waals surface area contributed by atoms with Crippen LogP contribution in [0.5, 0.6) is 0 Å². The third-order valence-electron chi connectivity index (χ3n) is 12.1. The minimum Gasteiger partial charge on any atom is -0.353 e. The van der Waals surface area contributed by atoms with Crippen molar-refractivity contribution in [3.63, 3.8) is 0 Å². The first kappa shape index (κ1) is 61.5. The first-order valence-corrected chi connectivity index (χ1v) is 24.8. The summed E-state index contributed by atoms with van der Waals surface area (Å²) in [6, 6.07) is 8.13. The van der Waals surface area contributed by atoms with E-state index < -0.39 is 0 Å². The van der Waals surface area contributed by atoms with E-state index in [1.54, 1.807) is 0 Å². The average Bonchev–Trinajstić information content (AvgIpc) is 3.32. The van der Waals surface area contributed by atoms with Crippen molar-refractivity contribution in [2.75, 3.05) is 26.4 Å². The largest absolute Gasteiger partial charge is 0.353 e. The molecular formula is C58H92N6O4. The second kappa shape index (κ2) is 33.9. The van der Waals surface area contributed by atoms with Gasteiger partial charge in [-0.25, -0.2) is 19.9 Å². The first-order valence-electron chi connectivity index (χ1n) is 24.8. The van der Waals surface area contributed by atoms with Crippen molar-refractivity contribution in [3.8, 4) is 0 Å². The summed E-state index contributed by atoms with van der Waals surface area (Å²) in [5.41, 5.74) is 15.5. The van der Waals surface area contributed by atoms with E-state index in [0.717, 1.165) is 72.4 Å². The Bertz CT molecular complexity index is 1610. The lowest BCUT2D eigenvalue weighted by atomic mass is 9.84. The number of nitrogens with zero attached hydrogens (tertiary/aromatic N) is 6. The van der Waals surface area contributed by atoms with Crippen LogP contribution in [0.25, 0.3) is 0 Å². The highest BCUT2D eigenvalue weighted by atomic mass is 16.7. The van der Waals surface area contributed by atoms with Crippen LogP contribution in [0.2, 0.25) is 0 Å². The Hall–Kier alpha value is -4.48. The molecule has 2 aliphatic heterocycles. The topological polar surface area (TPSA) is 114 Å². The van der Waals surface area contributed by atoms with Gasteiger partial charge < -0.3 is 18.9 Å². The van der Waals surface area contributed by atoms with E-state index in [1.807, 2.05) is 119 Å². The predicted octanol–water partition coefficient (Wildman–Crippen LogP) is 14.0. The van der Waals surface area contributed by atoms with Crippen molar-refractivity contribution in [2.45, 2.75) is 177 Å². The second-order valence-corrected chi connectivity index (χ2v) is 19.4. The number of aromatic nitrogens is 6. The molecular weight excluding hydrogens is 845 g/mol. The van der Waals surface area contributed by atoms with Crippen LogP contribution in [0, 0.1) is 121 Å². The number of hydrogen-bond donors (Lipinski definition) is 0. The van der Waals surface area contributed by atoms with Crippen LogP contribution >= 0.6 is 0 Å². The Labute approximate surface area is 414 Å². The second-order valence-electron chi connectivity index (χ2n) is 19.4. The maximum atomic E-state index is 5.17. The minimum atomic E-state index is 0.0196. The molecule has 3 fully saturated rings. The van der Waals surface area contributed by atoms with Crippen LogP contribution in [-0.4, -0.2) is 68.9 Å². The summed E-state index contributed by atoms with van der Waals surface area (Å²) in [5, 5.41) is 0. The highest BCUT2D eigenvalue weighted by Gasteiger charge is 2.15. The highest BCUT2D eigenvalue weighted by Crippen LogP contribution is 2.27. The van der Waals surface area contributed by atoms with Gasteiger partial charge in [-0.15, -0.1) is 0 Å². The van der Waals surface area contributed by atoms with Gasteiger partial charge in [-0.2, -0.15) is 0 Å². The molecule has 378 valence electrons. The monoisotopic (exact) mass is 937 g/mol. The normalized spacial score (nSPS) is 20.2. The summed E-state index contributed by atoms with van der Waals surface area (Å²) in [5.74, 6) is 4.85. The van der Waals surface area contributed by atoms with Crippen LogP contribution in [0.3, 0.4) is 0 Å². The van der Waals surface area contributed by atoms with Crippen LogP contribution in [0.15, 0.2) is 61.4 Å². The van der Waals surface area contributed by atoms with E-state index in [0.29, 0.717) is 11.8 Å². The average molecular weight is 937 g/mol. The third-order valence-corrected chi connectivity index (χ3v) is 12.1. The standard InChI is InChI=1S/C12H18.C8H16.2C7H9N.2C6H8N2.2C6H12O2/c1-7-8(2)10(4)12(6)11(5)9(7)3;1-7-3-5-8(2)6-4-7;2*1-6-3-4-7(2)8-5-6;4*1-5-3-7-6(2)8-4-5/h1-6H3;7-8H,3-6H2,1-2H3;2*3-5H,1-2H3;2*3-4H,1-2H3;2*5-6H,3-4H2,1-2H3. The zero-order valence-corrected chi connectivity index (χ0v) is 46.2. The molecule has 1 aromatic carbocycles. The van der Waals surface area contributed by atoms with E-state index in [9.17, 15) is 0 Å². The molecule has 3 aliphatic rings. The number of ether oxygens (including phenoxy) is 4. The zero-order valence-electron chi connectivity index (χ0n) is 46.2. The number of rotatable bonds is 0. The van der Waals surface area contributed by atoms with Gasteiger partial charge in [-0.05, 0) is 190 Å². The van der Waals surface area contributed by atoms with Gasteiger partial charge in [0.1, 0.15) is 11.6 Å². The van der Waals surface area contributed by atoms with Crippen LogP contribution < -0.4 is 0 Å². The van der Waals surface area contributed by atoms with E-state index in [4.69, 9.17) is 18.9 Å². The SMILES string of the molecule is CC1CCC(C)CC1.CC1COC(C)OC1.CC1COC(C)OC1.Cc1c(C)c(C)c(C)c(C)c1C.Cc1ccc(C)nc1.Cc1ccc(C)nc1.Cc1cnc(C)nc1.Cc1cnc(C)nc1. The Morgan fingerprint density at radius 2 is 0.544 bits per heavy atom. The molecule has 0 radical (unpaired) electrons. The van der Waals surface area contributed by atoms with Crippen LogP contribution in [0.4, 0.5) is 0 Å². The number of hydrogen-bond acceptors (Lipinski definition) is 10. The lowest BCUT2D eigenvalue weighted by Gasteiger charge is -2.24. The first-order chi connectivity index (χ1) is 32.0. The summed E-state index contributed by atoms with van der Waals surface area (Å²) in [6.45, 7) is 45.2. The molecule has 0 spiro atoms. The lowest BCUT2D eigenvalue weighted by molar-refractivity contribution is -0.187. The number of benzene rings is 1. The molecule has 2 saturated heterocycles. The summed E-state index contributed by atoms with van der Waals surface area (Å²) in [7, 11) is 0. The fourth-order valence-corrected chi connectivity index (χ4v) is 6.50. The molecule has 6 heterocycles. The maximum Gasteiger partial charge on any atom is 0.154 e. The molecule has 1 aliphatic carbocycles. The lowest BCUT2D eigenvalue weighted by Crippen LogP contribution is -2.27. The van der Waals surface area contributed by atoms with Crippen LogP contribution in [0.1, 0.15) is 146 Å². The Kier molecular flexibility index (Phi) is 30.7. The van der Waals surface area contributed by atoms with E-state index >= 15 is 0 Å². The molecule has 10 nitrogen and oxygen atoms in total. The molecule has 0 N–H and O–H groups in total. The maximum absolute atomic E-state index is 5.17. The van der Waals surface area contributed by atoms with Gasteiger partial charge in [0.15, 0.2) is 12.6 Å². The van der Waals surface area contributed by atoms with Crippen molar-refractivity contribution in [1.29, 1.82) is 0 Å². The summed E-state index contributed by atoms with van der Waals surface area (Å²) >= 11 is 0. The summed E-state index contributed by atoms with van der Waals surface area (Å²) < 4.78 is 20.7. The van der Waals surface area contributed by atoms with Gasteiger partial charge in [0.2, 0.25) is 0 Å². The molecule has 10 heteroatoms. The highest BCUT2D eigenvalue weighted by molar-refractivity contribution is 5.48. The van der Waals surface area contributed by atoms with Crippen molar-refractivity contribution >= 4 is 0 Å². The smallest absolute Gasteiger partial charge is 0.154 e. The Morgan fingerprint density at radius 3 is 0.721 bits per heavy atom. The van der Waals surface area contributed by atoms with Gasteiger partial charge >= 0.3 is 0 Å². The van der Waals surface area contributed by atoms with Gasteiger partial charge in [-0.3, -0.25) is 9.97 Å². The molecule has 0 bridgehead atoms. The Morgan fingerprint density at radius 1 is 0.309 bits per heavy atom. The van der Waals surface area contributed by atoms with Crippen molar-refractivity contribution in [1.82, 2.24) is 29.9 Å². The molecule has 0 unspecified atom stereocenters. The molecule has 68 heavy (non-hydrogen) atoms. The molecule has 8 rings (SSSR count). The fraction of sp³-hybridized carbons (Fsp3) is 0.586. The van der Waals surface area contributed by atoms with E-state index in [-0.39, 0.29) is 12.6 Å². The quantitative estimate of drug-likeness (QED) is 0.149. The third kappa shape index (κ3) is 28.1. The van der Waals surface area contributed by atoms with E-state index in [1.165, 1.54) is 70.2 Å². The van der Waals surface area contributed by atoms with Crippen molar-refractivity contribution < 1.29 is 18.9 Å². The van der Waals surface area contributed by atoms with E-state index in [2.05, 4.69) is 111 Å². The summed E-state index contributed by atoms with van der Waals surface area (Å²) in [4.78, 5) is 24.0. The molecule has 4 aromatic heterocycles. The number of aryl methyl sites for hydroxylation is 8. The van der Waals surface area contributed by atoms with Crippen molar-refractivity contribution in [3.05, 3.63) is 140 Å². The van der Waals surface area contributed by atoms with Gasteiger partial charge in [0.05, 0.1) is 26.4 Å². The molecule has 5 aromatic rings. The zero-order chi connectivity index (χ0) is 51.3. The fourth-order valence-electron chi connectivity index (χ4n) is 6.50. The molecule has 0 amide bonds. The molecule has 1 saturated carbocycles. The van der Waals surface area contributed by atoms with Crippen molar-refractivity contribution in [2.24, 2.45) is 23.7 Å². The number of pyridine rings is 2. The summed E-state index contributed by atoms with van der Waals surface area (Å²) in [6.07, 6.45) is 16.9. The van der Waals surface area contributed by atoms with Gasteiger partial charge in [0.25, 0.3) is 0 Å². The minimum absolute atomic E-state index is 0.0196. The molecule has 0 atom stereocenters. The van der Waals surface area contributed by atoms with Crippen LogP contribution in [-0.2, 0) is 18.9 Å². The Balaban J connectivity index is 0.000000390.